The third-order valence-corrected chi connectivity index (χ3v) is 4.52. The summed E-state index contributed by atoms with van der Waals surface area (Å²) in [6, 6.07) is 11.7. The summed E-state index contributed by atoms with van der Waals surface area (Å²) < 4.78 is 0. The van der Waals surface area contributed by atoms with Crippen molar-refractivity contribution in [3.63, 3.8) is 0 Å². The van der Waals surface area contributed by atoms with Crippen LogP contribution >= 0.6 is 23.1 Å². The fourth-order valence-electron chi connectivity index (χ4n) is 1.52. The smallest absolute Gasteiger partial charge is 0.167 e. The number of carbonyl (C=O) groups excluding carboxylic acids is 1. The van der Waals surface area contributed by atoms with E-state index in [2.05, 4.69) is 11.1 Å². The second-order valence-corrected chi connectivity index (χ2v) is 5.90. The molecule has 2 aromatic rings. The predicted molar refractivity (Wildman–Crippen MR) is 77.4 cm³/mol. The highest BCUT2D eigenvalue weighted by atomic mass is 32.2. The first-order chi connectivity index (χ1) is 9.20. The zero-order valence-corrected chi connectivity index (χ0v) is 12.0. The summed E-state index contributed by atoms with van der Waals surface area (Å²) in [6.45, 7) is 1.86. The summed E-state index contributed by atoms with van der Waals surface area (Å²) >= 11 is 2.82. The molecule has 2 rings (SSSR count). The molecule has 0 bridgehead atoms. The normalized spacial score (nSPS) is 11.8. The van der Waals surface area contributed by atoms with Gasteiger partial charge in [-0.3, -0.25) is 4.79 Å². The van der Waals surface area contributed by atoms with Crippen molar-refractivity contribution in [1.82, 2.24) is 4.98 Å². The van der Waals surface area contributed by atoms with Crippen LogP contribution in [0.1, 0.15) is 16.6 Å². The molecule has 0 aliphatic rings. The minimum absolute atomic E-state index is 0.0919. The molecular weight excluding hydrogens is 276 g/mol. The molecule has 0 fully saturated rings. The molecule has 0 aliphatic carbocycles. The maximum absolute atomic E-state index is 12.1. The average Bonchev–Trinajstić information content (AvgIpc) is 2.85. The zero-order chi connectivity index (χ0) is 13.7. The van der Waals surface area contributed by atoms with Crippen LogP contribution in [0.25, 0.3) is 0 Å². The van der Waals surface area contributed by atoms with Gasteiger partial charge in [0.2, 0.25) is 0 Å². The summed E-state index contributed by atoms with van der Waals surface area (Å²) in [7, 11) is 0. The zero-order valence-electron chi connectivity index (χ0n) is 10.4. The van der Waals surface area contributed by atoms with Gasteiger partial charge in [0.15, 0.2) is 11.7 Å². The molecule has 0 amide bonds. The first-order valence-corrected chi connectivity index (χ1v) is 7.59. The second kappa shape index (κ2) is 6.50. The Morgan fingerprint density at radius 2 is 2.21 bits per heavy atom. The van der Waals surface area contributed by atoms with Gasteiger partial charge in [-0.25, -0.2) is 4.98 Å². The first-order valence-electron chi connectivity index (χ1n) is 5.73. The van der Waals surface area contributed by atoms with Gasteiger partial charge < -0.3 is 0 Å². The number of thiazole rings is 1. The maximum atomic E-state index is 12.1. The molecule has 0 unspecified atom stereocenters. The minimum atomic E-state index is -0.741. The Labute approximate surface area is 120 Å². The summed E-state index contributed by atoms with van der Waals surface area (Å²) in [6.07, 6.45) is 0. The molecule has 0 radical (unpaired) electrons. The molecule has 1 aromatic carbocycles. The van der Waals surface area contributed by atoms with Crippen molar-refractivity contribution < 1.29 is 4.79 Å². The van der Waals surface area contributed by atoms with E-state index in [9.17, 15) is 4.79 Å². The number of aryl methyl sites for hydroxylation is 1. The minimum Gasteiger partial charge on any atom is -0.297 e. The Balaban J connectivity index is 2.00. The van der Waals surface area contributed by atoms with E-state index in [0.29, 0.717) is 10.8 Å². The lowest BCUT2D eigenvalue weighted by molar-refractivity contribution is -0.116. The topological polar surface area (TPSA) is 53.8 Å². The molecule has 1 aromatic heterocycles. The van der Waals surface area contributed by atoms with Crippen LogP contribution in [0.3, 0.4) is 0 Å². The number of Topliss-reactive ketones (excluding diaryl/α,β-unsaturated/α-hetero) is 1. The summed E-state index contributed by atoms with van der Waals surface area (Å²) in [5.74, 6) is -0.540. The van der Waals surface area contributed by atoms with Gasteiger partial charge in [0.05, 0.1) is 11.8 Å². The van der Waals surface area contributed by atoms with Crippen molar-refractivity contribution >= 4 is 28.9 Å². The van der Waals surface area contributed by atoms with Gasteiger partial charge in [-0.05, 0) is 19.1 Å². The Hall–Kier alpha value is -1.64. The van der Waals surface area contributed by atoms with Crippen LogP contribution in [0.4, 0.5) is 0 Å². The molecule has 0 N–H and O–H groups in total. The quantitative estimate of drug-likeness (QED) is 0.791. The number of ketones is 1. The fourth-order valence-corrected chi connectivity index (χ4v) is 3.21. The van der Waals surface area contributed by atoms with E-state index in [1.54, 1.807) is 0 Å². The highest BCUT2D eigenvalue weighted by Crippen LogP contribution is 2.24. The van der Waals surface area contributed by atoms with Crippen LogP contribution in [-0.2, 0) is 4.79 Å². The lowest BCUT2D eigenvalue weighted by Crippen LogP contribution is -2.13. The van der Waals surface area contributed by atoms with Gasteiger partial charge in [0, 0.05) is 16.0 Å². The Bertz CT molecular complexity index is 601. The molecular formula is C14H12N2OS2. The summed E-state index contributed by atoms with van der Waals surface area (Å²) in [4.78, 5) is 17.3. The molecule has 0 spiro atoms. The number of thioether (sulfide) groups is 1. The average molecular weight is 288 g/mol. The highest BCUT2D eigenvalue weighted by Gasteiger charge is 2.23. The number of benzene rings is 1. The predicted octanol–water partition coefficient (Wildman–Crippen LogP) is 3.42. The Kier molecular flexibility index (Phi) is 4.72. The van der Waals surface area contributed by atoms with E-state index in [1.807, 2.05) is 42.6 Å². The molecule has 0 saturated carbocycles. The van der Waals surface area contributed by atoms with Crippen LogP contribution in [-0.4, -0.2) is 16.5 Å². The molecule has 5 heteroatoms. The van der Waals surface area contributed by atoms with E-state index in [4.69, 9.17) is 5.26 Å². The molecule has 19 heavy (non-hydrogen) atoms. The van der Waals surface area contributed by atoms with E-state index in [-0.39, 0.29) is 5.78 Å². The van der Waals surface area contributed by atoms with E-state index < -0.39 is 5.92 Å². The van der Waals surface area contributed by atoms with E-state index in [0.717, 1.165) is 10.6 Å². The van der Waals surface area contributed by atoms with Crippen LogP contribution in [0, 0.1) is 18.3 Å². The van der Waals surface area contributed by atoms with Crippen molar-refractivity contribution in [1.29, 1.82) is 5.26 Å². The largest absolute Gasteiger partial charge is 0.297 e. The summed E-state index contributed by atoms with van der Waals surface area (Å²) in [5, 5.41) is 11.6. The van der Waals surface area contributed by atoms with Gasteiger partial charge in [-0.1, -0.05) is 18.2 Å². The molecule has 96 valence electrons. The lowest BCUT2D eigenvalue weighted by atomic mass is 10.1. The Morgan fingerprint density at radius 3 is 2.79 bits per heavy atom. The number of carbonyl (C=O) groups is 1. The molecule has 0 saturated heterocycles. The number of nitriles is 1. The standard InChI is InChI=1S/C14H12N2OS2/c1-10-8-19-14(16-10)12(7-15)13(17)9-18-11-5-3-2-4-6-11/h2-6,8,12H,9H2,1H3/t12-/m1/s1. The molecule has 1 atom stereocenters. The fraction of sp³-hybridized carbons (Fsp3) is 0.214. The van der Waals surface area contributed by atoms with Gasteiger partial charge in [-0.2, -0.15) is 5.26 Å². The number of hydrogen-bond acceptors (Lipinski definition) is 5. The SMILES string of the molecule is Cc1csc([C@H](C#N)C(=O)CSc2ccccc2)n1. The van der Waals surface area contributed by atoms with Crippen LogP contribution in [0.15, 0.2) is 40.6 Å². The number of aromatic nitrogens is 1. The number of rotatable bonds is 5. The van der Waals surface area contributed by atoms with Crippen molar-refractivity contribution in [2.24, 2.45) is 0 Å². The third kappa shape index (κ3) is 3.66. The first kappa shape index (κ1) is 13.8. The Morgan fingerprint density at radius 1 is 1.47 bits per heavy atom. The van der Waals surface area contributed by atoms with Crippen molar-refractivity contribution in [2.45, 2.75) is 17.7 Å². The second-order valence-electron chi connectivity index (χ2n) is 3.96. The van der Waals surface area contributed by atoms with Crippen molar-refractivity contribution in [3.8, 4) is 6.07 Å². The summed E-state index contributed by atoms with van der Waals surface area (Å²) in [5.41, 5.74) is 0.851. The van der Waals surface area contributed by atoms with E-state index >= 15 is 0 Å². The van der Waals surface area contributed by atoms with Crippen molar-refractivity contribution in [2.75, 3.05) is 5.75 Å². The number of nitrogens with zero attached hydrogens (tertiary/aromatic N) is 2. The molecule has 0 aliphatic heterocycles. The van der Waals surface area contributed by atoms with Gasteiger partial charge >= 0.3 is 0 Å². The van der Waals surface area contributed by atoms with Gasteiger partial charge in [0.25, 0.3) is 0 Å². The maximum Gasteiger partial charge on any atom is 0.167 e. The van der Waals surface area contributed by atoms with Crippen LogP contribution in [0.2, 0.25) is 0 Å². The highest BCUT2D eigenvalue weighted by molar-refractivity contribution is 8.00. The van der Waals surface area contributed by atoms with Gasteiger partial charge in [-0.15, -0.1) is 23.1 Å². The molecule has 3 nitrogen and oxygen atoms in total. The number of hydrogen-bond donors (Lipinski definition) is 0. The third-order valence-electron chi connectivity index (χ3n) is 2.46. The van der Waals surface area contributed by atoms with Crippen LogP contribution < -0.4 is 0 Å². The van der Waals surface area contributed by atoms with Crippen molar-refractivity contribution in [3.05, 3.63) is 46.4 Å². The van der Waals surface area contributed by atoms with Crippen LogP contribution in [0.5, 0.6) is 0 Å². The molecule has 1 heterocycles. The van der Waals surface area contributed by atoms with Gasteiger partial charge in [0.1, 0.15) is 5.01 Å². The lowest BCUT2D eigenvalue weighted by Gasteiger charge is -2.04. The monoisotopic (exact) mass is 288 g/mol. The van der Waals surface area contributed by atoms with E-state index in [1.165, 1.54) is 23.1 Å².